The van der Waals surface area contributed by atoms with Crippen LogP contribution in [0.15, 0.2) is 23.3 Å². The number of esters is 1. The predicted octanol–water partition coefficient (Wildman–Crippen LogP) is 4.82. The Kier molecular flexibility index (Phi) is 4.91. The Morgan fingerprint density at radius 3 is 2.62 bits per heavy atom. The van der Waals surface area contributed by atoms with Gasteiger partial charge in [0.2, 0.25) is 0 Å². The van der Waals surface area contributed by atoms with E-state index in [0.717, 1.165) is 32.1 Å². The van der Waals surface area contributed by atoms with Crippen LogP contribution in [0.2, 0.25) is 0 Å². The van der Waals surface area contributed by atoms with Crippen molar-refractivity contribution in [3.05, 3.63) is 23.3 Å². The molecule has 4 nitrogen and oxygen atoms in total. The number of Topliss-reactive ketones (excluding diaryl/α,β-unsaturated/α-hetero) is 1. The number of fused-ring (bicyclic) bond motifs is 5. The summed E-state index contributed by atoms with van der Waals surface area (Å²) in [4.78, 5) is 37.1. The fourth-order valence-electron chi connectivity index (χ4n) is 7.56. The molecule has 0 N–H and O–H groups in total. The SMILES string of the molecule is CC[C@H](OC(C)=O)[C@@H]1CC(=O)[C@@]2(C)CC[C@H]3[C@@H](CCC4=CC(=O)C=C(C)[C@@]43C)[C@H]12. The summed E-state index contributed by atoms with van der Waals surface area (Å²) in [7, 11) is 0. The quantitative estimate of drug-likeness (QED) is 0.640. The van der Waals surface area contributed by atoms with Crippen molar-refractivity contribution in [2.75, 3.05) is 0 Å². The van der Waals surface area contributed by atoms with Crippen molar-refractivity contribution in [1.82, 2.24) is 0 Å². The Bertz CT molecular complexity index is 821. The third-order valence-corrected chi connectivity index (χ3v) is 9.06. The van der Waals surface area contributed by atoms with E-state index in [0.29, 0.717) is 24.0 Å². The third-order valence-electron chi connectivity index (χ3n) is 9.06. The van der Waals surface area contributed by atoms with E-state index in [1.807, 2.05) is 12.2 Å². The van der Waals surface area contributed by atoms with Crippen LogP contribution in [0, 0.1) is 34.5 Å². The lowest BCUT2D eigenvalue weighted by atomic mass is 9.46. The van der Waals surface area contributed by atoms with Crippen LogP contribution in [0.5, 0.6) is 0 Å². The van der Waals surface area contributed by atoms with E-state index in [2.05, 4.69) is 27.7 Å². The fraction of sp³-hybridized carbons (Fsp3) is 0.720. The van der Waals surface area contributed by atoms with Crippen LogP contribution in [0.25, 0.3) is 0 Å². The molecule has 0 radical (unpaired) electrons. The molecule has 4 heteroatoms. The number of allylic oxidation sites excluding steroid dienone is 4. The Balaban J connectivity index is 1.74. The van der Waals surface area contributed by atoms with Crippen LogP contribution in [-0.4, -0.2) is 23.6 Å². The average molecular weight is 399 g/mol. The highest BCUT2D eigenvalue weighted by molar-refractivity contribution is 6.02. The number of carbonyl (C=O) groups is 3. The summed E-state index contributed by atoms with van der Waals surface area (Å²) in [6.07, 6.45) is 8.63. The minimum absolute atomic E-state index is 0.0858. The van der Waals surface area contributed by atoms with E-state index in [4.69, 9.17) is 4.74 Å². The van der Waals surface area contributed by atoms with Gasteiger partial charge in [-0.25, -0.2) is 0 Å². The second-order valence-corrected chi connectivity index (χ2v) is 10.2. The van der Waals surface area contributed by atoms with E-state index in [-0.39, 0.29) is 40.5 Å². The standard InChI is InChI=1S/C25H34O4/c1-6-21(29-15(3)26)19-13-22(28)24(4)10-9-20-18(23(19)24)8-7-16-12-17(27)11-14(2)25(16,20)5/h11-12,18-21,23H,6-10,13H2,1-5H3/t18-,19+,20+,21+,23-,24-,25+/m1/s1. The molecule has 0 unspecified atom stereocenters. The Morgan fingerprint density at radius 2 is 1.97 bits per heavy atom. The van der Waals surface area contributed by atoms with Crippen LogP contribution in [-0.2, 0) is 19.1 Å². The molecule has 0 aromatic carbocycles. The summed E-state index contributed by atoms with van der Waals surface area (Å²) in [5.74, 6) is 1.44. The molecule has 0 spiro atoms. The highest BCUT2D eigenvalue weighted by atomic mass is 16.5. The molecule has 0 bridgehead atoms. The molecule has 3 fully saturated rings. The highest BCUT2D eigenvalue weighted by Gasteiger charge is 2.63. The number of ether oxygens (including phenoxy) is 1. The number of hydrogen-bond acceptors (Lipinski definition) is 4. The van der Waals surface area contributed by atoms with Gasteiger partial charge in [0.25, 0.3) is 0 Å². The molecular weight excluding hydrogens is 364 g/mol. The van der Waals surface area contributed by atoms with Gasteiger partial charge in [-0.15, -0.1) is 0 Å². The molecule has 0 amide bonds. The van der Waals surface area contributed by atoms with Crippen molar-refractivity contribution in [2.24, 2.45) is 34.5 Å². The minimum atomic E-state index is -0.306. The first-order chi connectivity index (χ1) is 13.6. The Labute approximate surface area is 174 Å². The smallest absolute Gasteiger partial charge is 0.302 e. The molecule has 7 atom stereocenters. The average Bonchev–Trinajstić information content (AvgIpc) is 2.92. The van der Waals surface area contributed by atoms with Crippen molar-refractivity contribution in [1.29, 1.82) is 0 Å². The van der Waals surface area contributed by atoms with Gasteiger partial charge in [0.15, 0.2) is 5.78 Å². The van der Waals surface area contributed by atoms with Gasteiger partial charge >= 0.3 is 5.97 Å². The van der Waals surface area contributed by atoms with Gasteiger partial charge in [0.05, 0.1) is 0 Å². The summed E-state index contributed by atoms with van der Waals surface area (Å²) >= 11 is 0. The zero-order chi connectivity index (χ0) is 21.1. The van der Waals surface area contributed by atoms with Crippen LogP contribution < -0.4 is 0 Å². The first-order valence-corrected chi connectivity index (χ1v) is 11.3. The lowest BCUT2D eigenvalue weighted by Crippen LogP contribution is -2.53. The topological polar surface area (TPSA) is 60.4 Å². The van der Waals surface area contributed by atoms with Gasteiger partial charge < -0.3 is 4.74 Å². The van der Waals surface area contributed by atoms with Gasteiger partial charge in [-0.05, 0) is 68.9 Å². The first kappa shape index (κ1) is 20.6. The summed E-state index contributed by atoms with van der Waals surface area (Å²) in [5, 5.41) is 0. The highest BCUT2D eigenvalue weighted by Crippen LogP contribution is 2.66. The zero-order valence-corrected chi connectivity index (χ0v) is 18.4. The molecule has 4 aliphatic rings. The molecule has 4 rings (SSSR count). The molecule has 0 aliphatic heterocycles. The number of rotatable bonds is 3. The molecule has 0 heterocycles. The molecule has 3 saturated carbocycles. The van der Waals surface area contributed by atoms with Crippen LogP contribution in [0.4, 0.5) is 0 Å². The molecule has 158 valence electrons. The first-order valence-electron chi connectivity index (χ1n) is 11.3. The van der Waals surface area contributed by atoms with E-state index in [9.17, 15) is 14.4 Å². The van der Waals surface area contributed by atoms with Crippen molar-refractivity contribution >= 4 is 17.5 Å². The van der Waals surface area contributed by atoms with Gasteiger partial charge in [-0.2, -0.15) is 0 Å². The number of hydrogen-bond donors (Lipinski definition) is 0. The van der Waals surface area contributed by atoms with Gasteiger partial charge in [0, 0.05) is 30.1 Å². The van der Waals surface area contributed by atoms with E-state index in [1.54, 1.807) is 0 Å². The van der Waals surface area contributed by atoms with Crippen molar-refractivity contribution in [2.45, 2.75) is 79.2 Å². The van der Waals surface area contributed by atoms with Gasteiger partial charge in [-0.1, -0.05) is 31.9 Å². The van der Waals surface area contributed by atoms with Gasteiger partial charge in [0.1, 0.15) is 11.9 Å². The largest absolute Gasteiger partial charge is 0.462 e. The molecule has 0 saturated heterocycles. The summed E-state index contributed by atoms with van der Waals surface area (Å²) in [5.41, 5.74) is 2.06. The van der Waals surface area contributed by atoms with Crippen LogP contribution >= 0.6 is 0 Å². The Morgan fingerprint density at radius 1 is 1.24 bits per heavy atom. The van der Waals surface area contributed by atoms with Gasteiger partial charge in [-0.3, -0.25) is 14.4 Å². The van der Waals surface area contributed by atoms with E-state index in [1.165, 1.54) is 18.1 Å². The number of carbonyl (C=O) groups excluding carboxylic acids is 3. The third kappa shape index (κ3) is 2.89. The summed E-state index contributed by atoms with van der Waals surface area (Å²) in [6.45, 7) is 10.1. The molecule has 0 aromatic heterocycles. The van der Waals surface area contributed by atoms with Crippen molar-refractivity contribution in [3.8, 4) is 0 Å². The molecular formula is C25H34O4. The van der Waals surface area contributed by atoms with E-state index >= 15 is 0 Å². The maximum atomic E-state index is 13.2. The normalized spacial score (nSPS) is 42.2. The van der Waals surface area contributed by atoms with E-state index < -0.39 is 0 Å². The zero-order valence-electron chi connectivity index (χ0n) is 18.4. The molecule has 29 heavy (non-hydrogen) atoms. The summed E-state index contributed by atoms with van der Waals surface area (Å²) in [6, 6.07) is 0. The lowest BCUT2D eigenvalue weighted by Gasteiger charge is -2.58. The maximum absolute atomic E-state index is 13.2. The second-order valence-electron chi connectivity index (χ2n) is 10.2. The van der Waals surface area contributed by atoms with Crippen molar-refractivity contribution in [3.63, 3.8) is 0 Å². The predicted molar refractivity (Wildman–Crippen MR) is 111 cm³/mol. The minimum Gasteiger partial charge on any atom is -0.462 e. The monoisotopic (exact) mass is 398 g/mol. The number of ketones is 2. The Hall–Kier alpha value is -1.71. The molecule has 4 aliphatic carbocycles. The maximum Gasteiger partial charge on any atom is 0.302 e. The summed E-state index contributed by atoms with van der Waals surface area (Å²) < 4.78 is 5.71. The second kappa shape index (κ2) is 6.92. The van der Waals surface area contributed by atoms with Crippen LogP contribution in [0.3, 0.4) is 0 Å². The van der Waals surface area contributed by atoms with Crippen molar-refractivity contribution < 1.29 is 19.1 Å². The van der Waals surface area contributed by atoms with Crippen LogP contribution in [0.1, 0.15) is 73.1 Å². The molecule has 0 aromatic rings. The fourth-order valence-corrected chi connectivity index (χ4v) is 7.56. The lowest BCUT2D eigenvalue weighted by molar-refractivity contribution is -0.153.